The first-order valence-electron chi connectivity index (χ1n) is 7.39. The van der Waals surface area contributed by atoms with E-state index in [0.717, 1.165) is 37.8 Å². The number of benzene rings is 1. The molecular weight excluding hydrogens is 237 g/mol. The maximum absolute atomic E-state index is 13.7. The third kappa shape index (κ3) is 6.72. The molecule has 0 heterocycles. The van der Waals surface area contributed by atoms with Gasteiger partial charge in [0.05, 0.1) is 0 Å². The van der Waals surface area contributed by atoms with Crippen LogP contribution in [0.25, 0.3) is 0 Å². The monoisotopic (exact) mass is 265 g/mol. The molecule has 0 fully saturated rings. The SMILES string of the molecule is CCCNC(CCC(C)(C)C)Cc1ccccc1F. The zero-order chi connectivity index (χ0) is 14.3. The maximum Gasteiger partial charge on any atom is 0.126 e. The highest BCUT2D eigenvalue weighted by Crippen LogP contribution is 2.23. The molecule has 1 unspecified atom stereocenters. The van der Waals surface area contributed by atoms with Gasteiger partial charge < -0.3 is 5.32 Å². The molecule has 0 radical (unpaired) electrons. The normalized spacial score (nSPS) is 13.5. The molecule has 0 spiro atoms. The van der Waals surface area contributed by atoms with Crippen molar-refractivity contribution in [2.24, 2.45) is 5.41 Å². The van der Waals surface area contributed by atoms with E-state index in [-0.39, 0.29) is 5.82 Å². The van der Waals surface area contributed by atoms with Crippen LogP contribution in [-0.4, -0.2) is 12.6 Å². The number of halogens is 1. The predicted molar refractivity (Wildman–Crippen MR) is 80.9 cm³/mol. The molecule has 0 saturated carbocycles. The van der Waals surface area contributed by atoms with Gasteiger partial charge in [0.2, 0.25) is 0 Å². The zero-order valence-electron chi connectivity index (χ0n) is 12.8. The van der Waals surface area contributed by atoms with E-state index in [9.17, 15) is 4.39 Å². The molecule has 0 amide bonds. The summed E-state index contributed by atoms with van der Waals surface area (Å²) < 4.78 is 13.7. The lowest BCUT2D eigenvalue weighted by atomic mass is 9.87. The van der Waals surface area contributed by atoms with Crippen molar-refractivity contribution in [2.45, 2.75) is 59.4 Å². The Labute approximate surface area is 117 Å². The fourth-order valence-electron chi connectivity index (χ4n) is 2.16. The van der Waals surface area contributed by atoms with Crippen LogP contribution in [0.4, 0.5) is 4.39 Å². The molecule has 0 aliphatic rings. The fraction of sp³-hybridized carbons (Fsp3) is 0.647. The molecule has 0 saturated heterocycles. The molecular formula is C17H28FN. The van der Waals surface area contributed by atoms with E-state index >= 15 is 0 Å². The molecule has 1 nitrogen and oxygen atoms in total. The molecule has 1 aromatic carbocycles. The van der Waals surface area contributed by atoms with Crippen molar-refractivity contribution in [2.75, 3.05) is 6.54 Å². The topological polar surface area (TPSA) is 12.0 Å². The Morgan fingerprint density at radius 1 is 1.21 bits per heavy atom. The maximum atomic E-state index is 13.7. The Morgan fingerprint density at radius 3 is 2.47 bits per heavy atom. The molecule has 0 aliphatic heterocycles. The van der Waals surface area contributed by atoms with Crippen molar-refractivity contribution in [1.29, 1.82) is 0 Å². The third-order valence-electron chi connectivity index (χ3n) is 3.35. The standard InChI is InChI=1S/C17H28FN/c1-5-12-19-15(10-11-17(2,3)4)13-14-8-6-7-9-16(14)18/h6-9,15,19H,5,10-13H2,1-4H3. The van der Waals surface area contributed by atoms with Crippen LogP contribution in [0.15, 0.2) is 24.3 Å². The second kappa shape index (κ2) is 7.64. The summed E-state index contributed by atoms with van der Waals surface area (Å²) in [6.07, 6.45) is 4.15. The number of hydrogen-bond donors (Lipinski definition) is 1. The van der Waals surface area contributed by atoms with Crippen molar-refractivity contribution in [3.63, 3.8) is 0 Å². The molecule has 1 aromatic rings. The summed E-state index contributed by atoms with van der Waals surface area (Å²) in [5.74, 6) is -0.0819. The van der Waals surface area contributed by atoms with Crippen LogP contribution in [0.1, 0.15) is 52.5 Å². The number of rotatable bonds is 7. The van der Waals surface area contributed by atoms with E-state index in [2.05, 4.69) is 33.0 Å². The van der Waals surface area contributed by atoms with E-state index in [1.165, 1.54) is 0 Å². The third-order valence-corrected chi connectivity index (χ3v) is 3.35. The second-order valence-electron chi connectivity index (χ2n) is 6.55. The molecule has 1 atom stereocenters. The zero-order valence-corrected chi connectivity index (χ0v) is 12.8. The lowest BCUT2D eigenvalue weighted by Crippen LogP contribution is -2.33. The lowest BCUT2D eigenvalue weighted by molar-refractivity contribution is 0.327. The van der Waals surface area contributed by atoms with Gasteiger partial charge in [-0.05, 0) is 49.3 Å². The quantitative estimate of drug-likeness (QED) is 0.762. The average molecular weight is 265 g/mol. The highest BCUT2D eigenvalue weighted by atomic mass is 19.1. The lowest BCUT2D eigenvalue weighted by Gasteiger charge is -2.24. The van der Waals surface area contributed by atoms with Crippen molar-refractivity contribution in [3.05, 3.63) is 35.6 Å². The average Bonchev–Trinajstić information content (AvgIpc) is 2.34. The van der Waals surface area contributed by atoms with E-state index in [1.807, 2.05) is 12.1 Å². The molecule has 0 aromatic heterocycles. The van der Waals surface area contributed by atoms with Gasteiger partial charge in [0.25, 0.3) is 0 Å². The minimum absolute atomic E-state index is 0.0819. The number of hydrogen-bond acceptors (Lipinski definition) is 1. The van der Waals surface area contributed by atoms with Gasteiger partial charge in [0.1, 0.15) is 5.82 Å². The Morgan fingerprint density at radius 2 is 1.89 bits per heavy atom. The second-order valence-corrected chi connectivity index (χ2v) is 6.55. The van der Waals surface area contributed by atoms with E-state index in [1.54, 1.807) is 12.1 Å². The van der Waals surface area contributed by atoms with Crippen LogP contribution in [0.3, 0.4) is 0 Å². The summed E-state index contributed by atoms with van der Waals surface area (Å²) in [6, 6.07) is 7.49. The van der Waals surface area contributed by atoms with Crippen molar-refractivity contribution < 1.29 is 4.39 Å². The van der Waals surface area contributed by atoms with Gasteiger partial charge in [0, 0.05) is 6.04 Å². The smallest absolute Gasteiger partial charge is 0.126 e. The Balaban J connectivity index is 2.61. The van der Waals surface area contributed by atoms with Gasteiger partial charge in [-0.1, -0.05) is 45.9 Å². The minimum atomic E-state index is -0.0819. The van der Waals surface area contributed by atoms with E-state index < -0.39 is 0 Å². The summed E-state index contributed by atoms with van der Waals surface area (Å²) in [4.78, 5) is 0. The largest absolute Gasteiger partial charge is 0.314 e. The minimum Gasteiger partial charge on any atom is -0.314 e. The molecule has 0 bridgehead atoms. The Hall–Kier alpha value is -0.890. The van der Waals surface area contributed by atoms with E-state index in [4.69, 9.17) is 0 Å². The summed E-state index contributed by atoms with van der Waals surface area (Å²) >= 11 is 0. The van der Waals surface area contributed by atoms with Gasteiger partial charge in [-0.25, -0.2) is 4.39 Å². The highest BCUT2D eigenvalue weighted by molar-refractivity contribution is 5.18. The van der Waals surface area contributed by atoms with Crippen LogP contribution in [0, 0.1) is 11.2 Å². The molecule has 1 N–H and O–H groups in total. The van der Waals surface area contributed by atoms with Crippen molar-refractivity contribution in [3.8, 4) is 0 Å². The Bertz CT molecular complexity index is 368. The van der Waals surface area contributed by atoms with Crippen LogP contribution in [0.5, 0.6) is 0 Å². The summed E-state index contributed by atoms with van der Waals surface area (Å²) in [6.45, 7) is 9.94. The van der Waals surface area contributed by atoms with Crippen LogP contribution in [-0.2, 0) is 6.42 Å². The van der Waals surface area contributed by atoms with Gasteiger partial charge in [-0.2, -0.15) is 0 Å². The van der Waals surface area contributed by atoms with Gasteiger partial charge in [-0.3, -0.25) is 0 Å². The van der Waals surface area contributed by atoms with Crippen LogP contribution in [0.2, 0.25) is 0 Å². The fourth-order valence-corrected chi connectivity index (χ4v) is 2.16. The first-order valence-corrected chi connectivity index (χ1v) is 7.39. The summed E-state index contributed by atoms with van der Waals surface area (Å²) in [5, 5.41) is 3.55. The van der Waals surface area contributed by atoms with Gasteiger partial charge in [-0.15, -0.1) is 0 Å². The first kappa shape index (κ1) is 16.2. The van der Waals surface area contributed by atoms with Crippen LogP contribution < -0.4 is 5.32 Å². The first-order chi connectivity index (χ1) is 8.92. The van der Waals surface area contributed by atoms with Gasteiger partial charge in [0.15, 0.2) is 0 Å². The van der Waals surface area contributed by atoms with E-state index in [0.29, 0.717) is 11.5 Å². The molecule has 19 heavy (non-hydrogen) atoms. The summed E-state index contributed by atoms with van der Waals surface area (Å²) in [7, 11) is 0. The predicted octanol–water partition coefficient (Wildman–Crippen LogP) is 4.56. The molecule has 1 rings (SSSR count). The molecule has 2 heteroatoms. The highest BCUT2D eigenvalue weighted by Gasteiger charge is 2.16. The molecule has 108 valence electrons. The number of nitrogens with one attached hydrogen (secondary N) is 1. The Kier molecular flexibility index (Phi) is 6.50. The van der Waals surface area contributed by atoms with Gasteiger partial charge >= 0.3 is 0 Å². The molecule has 0 aliphatic carbocycles. The summed E-state index contributed by atoms with van der Waals surface area (Å²) in [5.41, 5.74) is 1.16. The van der Waals surface area contributed by atoms with Crippen molar-refractivity contribution >= 4 is 0 Å². The van der Waals surface area contributed by atoms with Crippen LogP contribution >= 0.6 is 0 Å². The van der Waals surface area contributed by atoms with Crippen molar-refractivity contribution in [1.82, 2.24) is 5.32 Å².